The van der Waals surface area contributed by atoms with Gasteiger partial charge in [0.2, 0.25) is 21.8 Å². The number of nitrogens with zero attached hydrogens (tertiary/aromatic N) is 1. The molecule has 0 aliphatic carbocycles. The van der Waals surface area contributed by atoms with Gasteiger partial charge >= 0.3 is 0 Å². The van der Waals surface area contributed by atoms with Crippen LogP contribution in [0.1, 0.15) is 19.4 Å². The van der Waals surface area contributed by atoms with Crippen LogP contribution in [0.2, 0.25) is 0 Å². The molecule has 0 aromatic heterocycles. The van der Waals surface area contributed by atoms with E-state index in [0.29, 0.717) is 24.3 Å². The Balaban J connectivity index is 0.00000576. The highest BCUT2D eigenvalue weighted by molar-refractivity contribution is 7.89. The third-order valence-corrected chi connectivity index (χ3v) is 5.62. The standard InChI is InChI=1S/C15H24N4O4S.ClH/c1-4-19(5-2)24(22,23)13-8-12(7-6-11(13)3)18-15(21)10-17-14(20)9-16;/h6-8H,4-5,9-10,16H2,1-3H3,(H,17,20)(H,18,21);1H. The zero-order chi connectivity index (χ0) is 18.3. The summed E-state index contributed by atoms with van der Waals surface area (Å²) in [7, 11) is -3.62. The lowest BCUT2D eigenvalue weighted by Crippen LogP contribution is -2.36. The topological polar surface area (TPSA) is 122 Å². The Labute approximate surface area is 154 Å². The minimum Gasteiger partial charge on any atom is -0.346 e. The first-order valence-corrected chi connectivity index (χ1v) is 9.07. The fourth-order valence-electron chi connectivity index (χ4n) is 2.11. The van der Waals surface area contributed by atoms with Crippen molar-refractivity contribution in [3.8, 4) is 0 Å². The first-order chi connectivity index (χ1) is 11.3. The number of sulfonamides is 1. The molecule has 4 N–H and O–H groups in total. The number of halogens is 1. The molecule has 25 heavy (non-hydrogen) atoms. The SMILES string of the molecule is CCN(CC)S(=O)(=O)c1cc(NC(=O)CNC(=O)CN)ccc1C.Cl. The first kappa shape index (κ1) is 23.3. The molecule has 0 aliphatic heterocycles. The summed E-state index contributed by atoms with van der Waals surface area (Å²) in [5, 5.41) is 4.90. The molecular formula is C15H25ClN4O4S. The van der Waals surface area contributed by atoms with Gasteiger partial charge in [0.25, 0.3) is 0 Å². The first-order valence-electron chi connectivity index (χ1n) is 7.63. The highest BCUT2D eigenvalue weighted by atomic mass is 35.5. The van der Waals surface area contributed by atoms with Crippen LogP contribution in [0, 0.1) is 6.92 Å². The van der Waals surface area contributed by atoms with E-state index in [2.05, 4.69) is 10.6 Å². The highest BCUT2D eigenvalue weighted by Crippen LogP contribution is 2.23. The lowest BCUT2D eigenvalue weighted by Gasteiger charge is -2.20. The van der Waals surface area contributed by atoms with Gasteiger partial charge in [0.15, 0.2) is 0 Å². The van der Waals surface area contributed by atoms with Crippen LogP contribution < -0.4 is 16.4 Å². The van der Waals surface area contributed by atoms with Crippen LogP contribution in [-0.4, -0.2) is 50.7 Å². The summed E-state index contributed by atoms with van der Waals surface area (Å²) < 4.78 is 26.6. The highest BCUT2D eigenvalue weighted by Gasteiger charge is 2.24. The summed E-state index contributed by atoms with van der Waals surface area (Å²) in [5.74, 6) is -0.911. The fourth-order valence-corrected chi connectivity index (χ4v) is 3.82. The molecular weight excluding hydrogens is 368 g/mol. The Bertz CT molecular complexity index is 705. The zero-order valence-corrected chi connectivity index (χ0v) is 16.2. The molecule has 2 amide bonds. The molecule has 0 radical (unpaired) electrons. The second-order valence-electron chi connectivity index (χ2n) is 5.10. The number of amides is 2. The molecule has 0 saturated carbocycles. The van der Waals surface area contributed by atoms with Crippen molar-refractivity contribution in [2.45, 2.75) is 25.7 Å². The summed E-state index contributed by atoms with van der Waals surface area (Å²) in [6.45, 7) is 5.51. The third kappa shape index (κ3) is 6.28. The van der Waals surface area contributed by atoms with Crippen molar-refractivity contribution < 1.29 is 18.0 Å². The molecule has 0 spiro atoms. The van der Waals surface area contributed by atoms with Gasteiger partial charge in [-0.2, -0.15) is 4.31 Å². The van der Waals surface area contributed by atoms with E-state index in [1.165, 1.54) is 10.4 Å². The minimum atomic E-state index is -3.62. The minimum absolute atomic E-state index is 0. The third-order valence-electron chi connectivity index (χ3n) is 3.43. The van der Waals surface area contributed by atoms with Gasteiger partial charge in [0.1, 0.15) is 0 Å². The zero-order valence-electron chi connectivity index (χ0n) is 14.5. The van der Waals surface area contributed by atoms with Gasteiger partial charge in [-0.15, -0.1) is 12.4 Å². The Morgan fingerprint density at radius 2 is 1.76 bits per heavy atom. The average Bonchev–Trinajstić information content (AvgIpc) is 2.55. The molecule has 1 rings (SSSR count). The van der Waals surface area contributed by atoms with Crippen LogP contribution in [0.5, 0.6) is 0 Å². The number of nitrogens with one attached hydrogen (secondary N) is 2. The fraction of sp³-hybridized carbons (Fsp3) is 0.467. The predicted molar refractivity (Wildman–Crippen MR) is 99.2 cm³/mol. The van der Waals surface area contributed by atoms with E-state index in [1.807, 2.05) is 0 Å². The van der Waals surface area contributed by atoms with Crippen LogP contribution in [0.25, 0.3) is 0 Å². The second-order valence-corrected chi connectivity index (χ2v) is 7.00. The van der Waals surface area contributed by atoms with E-state index in [1.54, 1.807) is 32.9 Å². The lowest BCUT2D eigenvalue weighted by molar-refractivity contribution is -0.123. The Morgan fingerprint density at radius 3 is 2.28 bits per heavy atom. The average molecular weight is 393 g/mol. The van der Waals surface area contributed by atoms with Crippen molar-refractivity contribution in [2.75, 3.05) is 31.5 Å². The molecule has 1 aromatic carbocycles. The number of carbonyl (C=O) groups is 2. The molecule has 0 fully saturated rings. The molecule has 0 heterocycles. The molecule has 0 unspecified atom stereocenters. The summed E-state index contributed by atoms with van der Waals surface area (Å²) in [4.78, 5) is 23.0. The Kier molecular flexibility index (Phi) is 9.65. The largest absolute Gasteiger partial charge is 0.346 e. The number of hydrogen-bond acceptors (Lipinski definition) is 5. The van der Waals surface area contributed by atoms with E-state index >= 15 is 0 Å². The quantitative estimate of drug-likeness (QED) is 0.593. The van der Waals surface area contributed by atoms with E-state index in [0.717, 1.165) is 0 Å². The number of hydrogen-bond donors (Lipinski definition) is 3. The van der Waals surface area contributed by atoms with Gasteiger partial charge in [0.05, 0.1) is 18.0 Å². The maximum absolute atomic E-state index is 12.6. The second kappa shape index (κ2) is 10.3. The van der Waals surface area contributed by atoms with Crippen molar-refractivity contribution in [3.63, 3.8) is 0 Å². The van der Waals surface area contributed by atoms with E-state index in [4.69, 9.17) is 5.73 Å². The number of aryl methyl sites for hydroxylation is 1. The van der Waals surface area contributed by atoms with E-state index < -0.39 is 21.8 Å². The van der Waals surface area contributed by atoms with Crippen molar-refractivity contribution in [1.82, 2.24) is 9.62 Å². The normalized spacial score (nSPS) is 10.9. The van der Waals surface area contributed by atoms with Crippen molar-refractivity contribution in [1.29, 1.82) is 0 Å². The smallest absolute Gasteiger partial charge is 0.243 e. The molecule has 10 heteroatoms. The van der Waals surface area contributed by atoms with Gasteiger partial charge in [0, 0.05) is 18.8 Å². The lowest BCUT2D eigenvalue weighted by atomic mass is 10.2. The van der Waals surface area contributed by atoms with Gasteiger partial charge < -0.3 is 16.4 Å². The van der Waals surface area contributed by atoms with Gasteiger partial charge in [-0.3, -0.25) is 9.59 Å². The van der Waals surface area contributed by atoms with Crippen LogP contribution in [0.15, 0.2) is 23.1 Å². The van der Waals surface area contributed by atoms with Crippen molar-refractivity contribution in [3.05, 3.63) is 23.8 Å². The molecule has 0 atom stereocenters. The van der Waals surface area contributed by atoms with Crippen molar-refractivity contribution >= 4 is 39.9 Å². The number of nitrogens with two attached hydrogens (primary N) is 1. The van der Waals surface area contributed by atoms with Crippen molar-refractivity contribution in [2.24, 2.45) is 5.73 Å². The summed E-state index contributed by atoms with van der Waals surface area (Å²) in [6, 6.07) is 4.66. The van der Waals surface area contributed by atoms with E-state index in [-0.39, 0.29) is 30.4 Å². The summed E-state index contributed by atoms with van der Waals surface area (Å²) >= 11 is 0. The monoisotopic (exact) mass is 392 g/mol. The van der Waals surface area contributed by atoms with Crippen LogP contribution in [0.3, 0.4) is 0 Å². The van der Waals surface area contributed by atoms with Crippen LogP contribution >= 0.6 is 12.4 Å². The van der Waals surface area contributed by atoms with E-state index in [9.17, 15) is 18.0 Å². The molecule has 0 saturated heterocycles. The number of benzene rings is 1. The molecule has 0 aliphatic rings. The predicted octanol–water partition coefficient (Wildman–Crippen LogP) is 0.461. The van der Waals surface area contributed by atoms with Gasteiger partial charge in [-0.05, 0) is 24.6 Å². The Morgan fingerprint density at radius 1 is 1.16 bits per heavy atom. The maximum Gasteiger partial charge on any atom is 0.243 e. The van der Waals surface area contributed by atoms with Gasteiger partial charge in [-0.25, -0.2) is 8.42 Å². The maximum atomic E-state index is 12.6. The number of anilines is 1. The molecule has 1 aromatic rings. The molecule has 8 nitrogen and oxygen atoms in total. The molecule has 0 bridgehead atoms. The number of carbonyl (C=O) groups excluding carboxylic acids is 2. The summed E-state index contributed by atoms with van der Waals surface area (Å²) in [5.41, 5.74) is 6.07. The Hall–Kier alpha value is -1.68. The molecule has 142 valence electrons. The van der Waals surface area contributed by atoms with Gasteiger partial charge in [-0.1, -0.05) is 19.9 Å². The van der Waals surface area contributed by atoms with Crippen LogP contribution in [-0.2, 0) is 19.6 Å². The number of rotatable bonds is 8. The summed E-state index contributed by atoms with van der Waals surface area (Å²) in [6.07, 6.45) is 0. The van der Waals surface area contributed by atoms with Crippen LogP contribution in [0.4, 0.5) is 5.69 Å².